The van der Waals surface area contributed by atoms with Crippen molar-refractivity contribution in [3.63, 3.8) is 0 Å². The lowest BCUT2D eigenvalue weighted by molar-refractivity contribution is -0.141. The molecule has 0 bridgehead atoms. The largest absolute Gasteiger partial charge is 0.493 e. The van der Waals surface area contributed by atoms with Crippen molar-refractivity contribution < 1.29 is 23.7 Å². The number of rotatable bonds is 5. The fraction of sp³-hybridized carbons (Fsp3) is 0.400. The number of carbonyl (C=O) groups excluding carboxylic acids is 1. The summed E-state index contributed by atoms with van der Waals surface area (Å²) in [5.41, 5.74) is 0.670. The molecule has 0 fully saturated rings. The van der Waals surface area contributed by atoms with E-state index in [0.29, 0.717) is 29.4 Å². The average Bonchev–Trinajstić information content (AvgIpc) is 2.46. The fourth-order valence-electron chi connectivity index (χ4n) is 1.58. The molecule has 0 aromatic heterocycles. The summed E-state index contributed by atoms with van der Waals surface area (Å²) in [7, 11) is 4.60. The SMILES string of the molecule is CCOC(=O)CC#Cc1cc(OC)c(OC)c(OC)c1. The maximum Gasteiger partial charge on any atom is 0.317 e. The molecule has 0 heterocycles. The third-order valence-corrected chi connectivity index (χ3v) is 2.44. The third kappa shape index (κ3) is 4.09. The lowest BCUT2D eigenvalue weighted by atomic mass is 10.2. The van der Waals surface area contributed by atoms with Crippen LogP contribution in [0.1, 0.15) is 18.9 Å². The van der Waals surface area contributed by atoms with Crippen molar-refractivity contribution in [2.45, 2.75) is 13.3 Å². The average molecular weight is 278 g/mol. The minimum Gasteiger partial charge on any atom is -0.493 e. The predicted octanol–water partition coefficient (Wildman–Crippen LogP) is 2.02. The summed E-state index contributed by atoms with van der Waals surface area (Å²) < 4.78 is 20.5. The van der Waals surface area contributed by atoms with Crippen LogP contribution in [0, 0.1) is 11.8 Å². The molecule has 0 amide bonds. The first-order valence-electron chi connectivity index (χ1n) is 6.10. The molecule has 1 aromatic rings. The molecular weight excluding hydrogens is 260 g/mol. The summed E-state index contributed by atoms with van der Waals surface area (Å²) in [6, 6.07) is 3.44. The van der Waals surface area contributed by atoms with E-state index in [1.54, 1.807) is 19.1 Å². The van der Waals surface area contributed by atoms with Gasteiger partial charge in [0, 0.05) is 5.56 Å². The monoisotopic (exact) mass is 278 g/mol. The van der Waals surface area contributed by atoms with Crippen LogP contribution >= 0.6 is 0 Å². The van der Waals surface area contributed by atoms with Gasteiger partial charge in [0.25, 0.3) is 0 Å². The van der Waals surface area contributed by atoms with Crippen LogP contribution in [0.4, 0.5) is 0 Å². The Balaban J connectivity index is 2.97. The van der Waals surface area contributed by atoms with Gasteiger partial charge in [0.1, 0.15) is 6.42 Å². The Bertz CT molecular complexity index is 500. The number of hydrogen-bond acceptors (Lipinski definition) is 5. The maximum atomic E-state index is 11.2. The third-order valence-electron chi connectivity index (χ3n) is 2.44. The molecule has 0 N–H and O–H groups in total. The highest BCUT2D eigenvalue weighted by atomic mass is 16.5. The van der Waals surface area contributed by atoms with Crippen molar-refractivity contribution in [2.24, 2.45) is 0 Å². The number of carbonyl (C=O) groups is 1. The molecule has 0 aliphatic carbocycles. The Hall–Kier alpha value is -2.35. The first-order valence-corrected chi connectivity index (χ1v) is 6.10. The first kappa shape index (κ1) is 15.7. The number of esters is 1. The van der Waals surface area contributed by atoms with Gasteiger partial charge in [-0.15, -0.1) is 0 Å². The number of ether oxygens (including phenoxy) is 4. The standard InChI is InChI=1S/C15H18O5/c1-5-20-14(16)8-6-7-11-9-12(17-2)15(19-4)13(10-11)18-3/h9-10H,5,8H2,1-4H3. The van der Waals surface area contributed by atoms with Crippen LogP contribution in [0.2, 0.25) is 0 Å². The van der Waals surface area contributed by atoms with Crippen LogP contribution in [0.3, 0.4) is 0 Å². The highest BCUT2D eigenvalue weighted by Crippen LogP contribution is 2.37. The van der Waals surface area contributed by atoms with E-state index in [0.717, 1.165) is 0 Å². The highest BCUT2D eigenvalue weighted by Gasteiger charge is 2.12. The zero-order chi connectivity index (χ0) is 15.0. The van der Waals surface area contributed by atoms with Crippen molar-refractivity contribution in [3.8, 4) is 29.1 Å². The lowest BCUT2D eigenvalue weighted by Crippen LogP contribution is -2.01. The maximum absolute atomic E-state index is 11.2. The molecule has 20 heavy (non-hydrogen) atoms. The number of benzene rings is 1. The van der Waals surface area contributed by atoms with Gasteiger partial charge in [-0.3, -0.25) is 4.79 Å². The summed E-state index contributed by atoms with van der Waals surface area (Å²) in [5, 5.41) is 0. The lowest BCUT2D eigenvalue weighted by Gasteiger charge is -2.12. The van der Waals surface area contributed by atoms with E-state index in [9.17, 15) is 4.79 Å². The van der Waals surface area contributed by atoms with Crippen LogP contribution in [-0.2, 0) is 9.53 Å². The van der Waals surface area contributed by atoms with E-state index in [1.807, 2.05) is 0 Å². The smallest absolute Gasteiger partial charge is 0.317 e. The second-order valence-electron chi connectivity index (χ2n) is 3.70. The van der Waals surface area contributed by atoms with Gasteiger partial charge in [0.2, 0.25) is 5.75 Å². The number of methoxy groups -OCH3 is 3. The zero-order valence-corrected chi connectivity index (χ0v) is 12.1. The van der Waals surface area contributed by atoms with Gasteiger partial charge in [-0.25, -0.2) is 0 Å². The Morgan fingerprint density at radius 3 is 2.15 bits per heavy atom. The number of hydrogen-bond donors (Lipinski definition) is 0. The Morgan fingerprint density at radius 1 is 1.10 bits per heavy atom. The minimum absolute atomic E-state index is 0.0461. The van der Waals surface area contributed by atoms with Gasteiger partial charge in [0.15, 0.2) is 11.5 Å². The Kier molecular flexibility index (Phi) is 6.24. The summed E-state index contributed by atoms with van der Waals surface area (Å²) in [6.45, 7) is 2.11. The van der Waals surface area contributed by atoms with Crippen LogP contribution in [-0.4, -0.2) is 33.9 Å². The quantitative estimate of drug-likeness (QED) is 0.609. The van der Waals surface area contributed by atoms with E-state index >= 15 is 0 Å². The molecule has 108 valence electrons. The molecule has 0 aliphatic rings. The molecule has 0 unspecified atom stereocenters. The molecule has 0 aliphatic heterocycles. The summed E-state index contributed by atoms with van der Waals surface area (Å²) in [5.74, 6) is 6.82. The highest BCUT2D eigenvalue weighted by molar-refractivity contribution is 5.72. The van der Waals surface area contributed by atoms with Gasteiger partial charge in [-0.2, -0.15) is 0 Å². The van der Waals surface area contributed by atoms with Crippen molar-refractivity contribution >= 4 is 5.97 Å². The van der Waals surface area contributed by atoms with Gasteiger partial charge >= 0.3 is 5.97 Å². The van der Waals surface area contributed by atoms with Gasteiger partial charge in [-0.1, -0.05) is 11.8 Å². The molecule has 1 aromatic carbocycles. The normalized spacial score (nSPS) is 9.20. The van der Waals surface area contributed by atoms with Crippen LogP contribution in [0.5, 0.6) is 17.2 Å². The molecule has 5 heteroatoms. The topological polar surface area (TPSA) is 54.0 Å². The molecule has 0 atom stereocenters. The molecule has 5 nitrogen and oxygen atoms in total. The molecule has 1 rings (SSSR count). The summed E-state index contributed by atoms with van der Waals surface area (Å²) in [4.78, 5) is 11.2. The minimum atomic E-state index is -0.340. The van der Waals surface area contributed by atoms with Gasteiger partial charge < -0.3 is 18.9 Å². The molecule has 0 spiro atoms. The van der Waals surface area contributed by atoms with E-state index < -0.39 is 0 Å². The Morgan fingerprint density at radius 2 is 1.70 bits per heavy atom. The molecule has 0 saturated carbocycles. The van der Waals surface area contributed by atoms with E-state index in [1.165, 1.54) is 21.3 Å². The van der Waals surface area contributed by atoms with Crippen molar-refractivity contribution in [1.29, 1.82) is 0 Å². The van der Waals surface area contributed by atoms with E-state index in [4.69, 9.17) is 18.9 Å². The van der Waals surface area contributed by atoms with Crippen molar-refractivity contribution in [1.82, 2.24) is 0 Å². The fourth-order valence-corrected chi connectivity index (χ4v) is 1.58. The molecular formula is C15H18O5. The van der Waals surface area contributed by atoms with Crippen LogP contribution in [0.15, 0.2) is 12.1 Å². The van der Waals surface area contributed by atoms with Crippen molar-refractivity contribution in [2.75, 3.05) is 27.9 Å². The van der Waals surface area contributed by atoms with Crippen LogP contribution < -0.4 is 14.2 Å². The molecule has 0 saturated heterocycles. The van der Waals surface area contributed by atoms with E-state index in [-0.39, 0.29) is 12.4 Å². The zero-order valence-electron chi connectivity index (χ0n) is 12.1. The summed E-state index contributed by atoms with van der Waals surface area (Å²) in [6.07, 6.45) is 0.0461. The van der Waals surface area contributed by atoms with Gasteiger partial charge in [0.05, 0.1) is 27.9 Å². The second-order valence-corrected chi connectivity index (χ2v) is 3.70. The Labute approximate surface area is 118 Å². The summed E-state index contributed by atoms with van der Waals surface area (Å²) >= 11 is 0. The van der Waals surface area contributed by atoms with Crippen LogP contribution in [0.25, 0.3) is 0 Å². The predicted molar refractivity (Wildman–Crippen MR) is 74.2 cm³/mol. The van der Waals surface area contributed by atoms with Crippen molar-refractivity contribution in [3.05, 3.63) is 17.7 Å². The second kappa shape index (κ2) is 7.95. The molecule has 0 radical (unpaired) electrons. The van der Waals surface area contributed by atoms with Gasteiger partial charge in [-0.05, 0) is 19.1 Å². The van der Waals surface area contributed by atoms with E-state index in [2.05, 4.69) is 11.8 Å². The first-order chi connectivity index (χ1) is 9.65.